The van der Waals surface area contributed by atoms with Crippen LogP contribution in [0.2, 0.25) is 5.02 Å². The van der Waals surface area contributed by atoms with E-state index in [2.05, 4.69) is 4.72 Å². The molecule has 102 valence electrons. The highest BCUT2D eigenvalue weighted by molar-refractivity contribution is 7.92. The molecular weight excluding hydrogens is 296 g/mol. The number of halogens is 1. The molecule has 1 N–H and O–H groups in total. The number of nitriles is 1. The van der Waals surface area contributed by atoms with Gasteiger partial charge in [0.05, 0.1) is 16.7 Å². The number of nitrogens with zero attached hydrogens (tertiary/aromatic N) is 1. The summed E-state index contributed by atoms with van der Waals surface area (Å²) in [7, 11) is -3.77. The topological polar surface area (TPSA) is 70.0 Å². The molecule has 20 heavy (non-hydrogen) atoms. The van der Waals surface area contributed by atoms with E-state index in [0.717, 1.165) is 5.56 Å². The van der Waals surface area contributed by atoms with Gasteiger partial charge in [-0.15, -0.1) is 0 Å². The van der Waals surface area contributed by atoms with E-state index in [1.807, 2.05) is 13.0 Å². The molecule has 0 fully saturated rings. The summed E-state index contributed by atoms with van der Waals surface area (Å²) < 4.78 is 26.9. The molecule has 0 unspecified atom stereocenters. The lowest BCUT2D eigenvalue weighted by molar-refractivity contribution is 0.601. The molecule has 4 nitrogen and oxygen atoms in total. The molecule has 0 spiro atoms. The van der Waals surface area contributed by atoms with E-state index in [-0.39, 0.29) is 9.92 Å². The van der Waals surface area contributed by atoms with Gasteiger partial charge in [-0.1, -0.05) is 29.3 Å². The lowest BCUT2D eigenvalue weighted by Gasteiger charge is -2.09. The van der Waals surface area contributed by atoms with Gasteiger partial charge in [0.15, 0.2) is 0 Å². The lowest BCUT2D eigenvalue weighted by Crippen LogP contribution is -2.13. The van der Waals surface area contributed by atoms with Crippen molar-refractivity contribution in [2.24, 2.45) is 0 Å². The molecule has 0 heterocycles. The molecule has 0 radical (unpaired) electrons. The van der Waals surface area contributed by atoms with Crippen molar-refractivity contribution >= 4 is 27.3 Å². The number of nitrogens with one attached hydrogen (secondary N) is 1. The molecule has 0 saturated heterocycles. The quantitative estimate of drug-likeness (QED) is 0.945. The molecule has 0 aliphatic heterocycles. The van der Waals surface area contributed by atoms with Crippen molar-refractivity contribution in [1.82, 2.24) is 0 Å². The Hall–Kier alpha value is -2.03. The van der Waals surface area contributed by atoms with Gasteiger partial charge in [-0.05, 0) is 37.3 Å². The summed E-state index contributed by atoms with van der Waals surface area (Å²) >= 11 is 5.91. The highest BCUT2D eigenvalue weighted by Crippen LogP contribution is 2.24. The Morgan fingerprint density at radius 1 is 1.15 bits per heavy atom. The Balaban J connectivity index is 2.36. The van der Waals surface area contributed by atoms with E-state index >= 15 is 0 Å². The number of rotatable bonds is 3. The fourth-order valence-corrected chi connectivity index (χ4v) is 3.22. The van der Waals surface area contributed by atoms with Crippen LogP contribution in [0.15, 0.2) is 47.4 Å². The van der Waals surface area contributed by atoms with Gasteiger partial charge in [0.2, 0.25) is 0 Å². The van der Waals surface area contributed by atoms with E-state index in [4.69, 9.17) is 16.9 Å². The fourth-order valence-electron chi connectivity index (χ4n) is 1.62. The van der Waals surface area contributed by atoms with Gasteiger partial charge >= 0.3 is 0 Å². The molecule has 0 saturated carbocycles. The van der Waals surface area contributed by atoms with Crippen LogP contribution in [0.5, 0.6) is 0 Å². The predicted octanol–water partition coefficient (Wildman–Crippen LogP) is 3.32. The van der Waals surface area contributed by atoms with E-state index in [0.29, 0.717) is 11.3 Å². The van der Waals surface area contributed by atoms with Crippen molar-refractivity contribution in [3.05, 3.63) is 58.6 Å². The lowest BCUT2D eigenvalue weighted by atomic mass is 10.2. The van der Waals surface area contributed by atoms with Crippen LogP contribution in [-0.4, -0.2) is 8.42 Å². The van der Waals surface area contributed by atoms with Crippen molar-refractivity contribution in [3.8, 4) is 6.07 Å². The van der Waals surface area contributed by atoms with Crippen LogP contribution in [0.1, 0.15) is 11.1 Å². The van der Waals surface area contributed by atoms with Gasteiger partial charge in [-0.2, -0.15) is 5.26 Å². The van der Waals surface area contributed by atoms with Crippen molar-refractivity contribution in [2.45, 2.75) is 11.8 Å². The largest absolute Gasteiger partial charge is 0.280 e. The first-order valence-electron chi connectivity index (χ1n) is 5.71. The Labute approximate surface area is 122 Å². The maximum Gasteiger partial charge on any atom is 0.263 e. The van der Waals surface area contributed by atoms with Crippen molar-refractivity contribution in [2.75, 3.05) is 4.72 Å². The number of sulfonamides is 1. The zero-order valence-corrected chi connectivity index (χ0v) is 12.2. The summed E-state index contributed by atoms with van der Waals surface area (Å²) in [6.45, 7) is 1.91. The van der Waals surface area contributed by atoms with Crippen molar-refractivity contribution < 1.29 is 8.42 Å². The number of aryl methyl sites for hydroxylation is 1. The summed E-state index contributed by atoms with van der Waals surface area (Å²) in [6.07, 6.45) is 0. The molecule has 2 rings (SSSR count). The maximum absolute atomic E-state index is 12.2. The Kier molecular flexibility index (Phi) is 3.98. The highest BCUT2D eigenvalue weighted by Gasteiger charge is 2.18. The first-order valence-corrected chi connectivity index (χ1v) is 7.57. The zero-order chi connectivity index (χ0) is 14.8. The predicted molar refractivity (Wildman–Crippen MR) is 78.2 cm³/mol. The highest BCUT2D eigenvalue weighted by atomic mass is 35.5. The Morgan fingerprint density at radius 2 is 1.80 bits per heavy atom. The van der Waals surface area contributed by atoms with Crippen LogP contribution in [0.3, 0.4) is 0 Å². The number of benzene rings is 2. The zero-order valence-electron chi connectivity index (χ0n) is 10.6. The van der Waals surface area contributed by atoms with Gasteiger partial charge in [0.25, 0.3) is 10.0 Å². The molecule has 0 amide bonds. The standard InChI is InChI=1S/C14H11ClN2O2S/c1-10-2-5-12(6-3-10)17-20(18,19)14-7-4-11(9-16)8-13(14)15/h2-8,17H,1H3. The average molecular weight is 307 g/mol. The number of hydrogen-bond donors (Lipinski definition) is 1. The SMILES string of the molecule is Cc1ccc(NS(=O)(=O)c2ccc(C#N)cc2Cl)cc1. The molecule has 2 aromatic rings. The minimum Gasteiger partial charge on any atom is -0.280 e. The minimum absolute atomic E-state index is 0.0173. The van der Waals surface area contributed by atoms with E-state index in [9.17, 15) is 8.42 Å². The Morgan fingerprint density at radius 3 is 2.35 bits per heavy atom. The van der Waals surface area contributed by atoms with E-state index in [1.165, 1.54) is 18.2 Å². The molecule has 0 aliphatic rings. The molecule has 0 aliphatic carbocycles. The van der Waals surface area contributed by atoms with Gasteiger partial charge < -0.3 is 0 Å². The smallest absolute Gasteiger partial charge is 0.263 e. The van der Waals surface area contributed by atoms with Gasteiger partial charge in [0.1, 0.15) is 4.90 Å². The van der Waals surface area contributed by atoms with Crippen molar-refractivity contribution in [3.63, 3.8) is 0 Å². The third-order valence-electron chi connectivity index (χ3n) is 2.65. The van der Waals surface area contributed by atoms with Crippen LogP contribution in [-0.2, 0) is 10.0 Å². The summed E-state index contributed by atoms with van der Waals surface area (Å²) in [5, 5.41) is 8.76. The van der Waals surface area contributed by atoms with Crippen LogP contribution in [0.25, 0.3) is 0 Å². The first-order chi connectivity index (χ1) is 9.42. The first kappa shape index (κ1) is 14.4. The van der Waals surface area contributed by atoms with Gasteiger partial charge in [-0.3, -0.25) is 4.72 Å². The van der Waals surface area contributed by atoms with Crippen LogP contribution < -0.4 is 4.72 Å². The second-order valence-electron chi connectivity index (χ2n) is 4.23. The van der Waals surface area contributed by atoms with Gasteiger partial charge in [-0.25, -0.2) is 8.42 Å². The third kappa shape index (κ3) is 3.10. The van der Waals surface area contributed by atoms with Crippen molar-refractivity contribution in [1.29, 1.82) is 5.26 Å². The summed E-state index contributed by atoms with van der Waals surface area (Å²) in [6, 6.07) is 12.9. The molecular formula is C14H11ClN2O2S. The summed E-state index contributed by atoms with van der Waals surface area (Å²) in [4.78, 5) is -0.0567. The molecule has 6 heteroatoms. The average Bonchev–Trinajstić information content (AvgIpc) is 2.40. The van der Waals surface area contributed by atoms with E-state index in [1.54, 1.807) is 24.3 Å². The second-order valence-corrected chi connectivity index (χ2v) is 6.29. The molecule has 0 atom stereocenters. The van der Waals surface area contributed by atoms with Crippen LogP contribution in [0, 0.1) is 18.3 Å². The normalized spacial score (nSPS) is 10.8. The number of anilines is 1. The number of hydrogen-bond acceptors (Lipinski definition) is 3. The second kappa shape index (κ2) is 5.53. The summed E-state index contributed by atoms with van der Waals surface area (Å²) in [5.74, 6) is 0. The summed E-state index contributed by atoms with van der Waals surface area (Å²) in [5.41, 5.74) is 1.80. The van der Waals surface area contributed by atoms with E-state index < -0.39 is 10.0 Å². The van der Waals surface area contributed by atoms with Gasteiger partial charge in [0, 0.05) is 5.69 Å². The third-order valence-corrected chi connectivity index (χ3v) is 4.52. The molecule has 0 bridgehead atoms. The fraction of sp³-hybridized carbons (Fsp3) is 0.0714. The minimum atomic E-state index is -3.77. The molecule has 0 aromatic heterocycles. The van der Waals surface area contributed by atoms with Crippen LogP contribution >= 0.6 is 11.6 Å². The molecule has 2 aromatic carbocycles. The Bertz CT molecular complexity index is 778. The van der Waals surface area contributed by atoms with Crippen LogP contribution in [0.4, 0.5) is 5.69 Å². The maximum atomic E-state index is 12.2. The monoisotopic (exact) mass is 306 g/mol.